The maximum atomic E-state index is 5.87. The molecule has 1 unspecified atom stereocenters. The second-order valence-electron chi connectivity index (χ2n) is 6.44. The fourth-order valence-corrected chi connectivity index (χ4v) is 3.12. The van der Waals surface area contributed by atoms with Crippen molar-refractivity contribution in [1.82, 2.24) is 15.1 Å². The molecule has 1 aliphatic rings. The predicted molar refractivity (Wildman–Crippen MR) is 87.4 cm³/mol. The molecular formula is C17H31N3O. The van der Waals surface area contributed by atoms with Crippen LogP contribution in [0.2, 0.25) is 0 Å². The normalized spacial score (nSPS) is 20.3. The minimum Gasteiger partial charge on any atom is -0.465 e. The molecule has 1 atom stereocenters. The molecule has 0 aliphatic carbocycles. The first-order valence-corrected chi connectivity index (χ1v) is 8.27. The number of hydrogen-bond acceptors (Lipinski definition) is 4. The van der Waals surface area contributed by atoms with E-state index in [1.165, 1.54) is 31.5 Å². The topological polar surface area (TPSA) is 31.6 Å². The molecule has 0 radical (unpaired) electrons. The monoisotopic (exact) mass is 293 g/mol. The van der Waals surface area contributed by atoms with E-state index in [1.54, 1.807) is 0 Å². The molecule has 21 heavy (non-hydrogen) atoms. The van der Waals surface area contributed by atoms with Gasteiger partial charge in [0.2, 0.25) is 0 Å². The fraction of sp³-hybridized carbons (Fsp3) is 0.765. The lowest BCUT2D eigenvalue weighted by atomic mass is 10.0. The molecule has 2 heterocycles. The first kappa shape index (κ1) is 16.5. The van der Waals surface area contributed by atoms with Crippen LogP contribution in [0.4, 0.5) is 0 Å². The summed E-state index contributed by atoms with van der Waals surface area (Å²) in [5.41, 5.74) is 1.33. The van der Waals surface area contributed by atoms with Crippen molar-refractivity contribution in [2.24, 2.45) is 0 Å². The molecule has 1 saturated heterocycles. The minimum atomic E-state index is 0.666. The lowest BCUT2D eigenvalue weighted by Crippen LogP contribution is -2.44. The Hall–Kier alpha value is -0.840. The molecule has 2 rings (SSSR count). The maximum Gasteiger partial charge on any atom is 0.118 e. The van der Waals surface area contributed by atoms with Crippen molar-refractivity contribution in [3.8, 4) is 0 Å². The lowest BCUT2D eigenvalue weighted by molar-refractivity contribution is 0.129. The third-order valence-corrected chi connectivity index (χ3v) is 4.44. The van der Waals surface area contributed by atoms with E-state index < -0.39 is 0 Å². The molecule has 0 bridgehead atoms. The first-order chi connectivity index (χ1) is 10.1. The molecule has 0 amide bonds. The molecule has 4 heteroatoms. The number of likely N-dealkylation sites (tertiary alicyclic amines) is 1. The van der Waals surface area contributed by atoms with Gasteiger partial charge in [0.15, 0.2) is 0 Å². The number of rotatable bonds is 7. The summed E-state index contributed by atoms with van der Waals surface area (Å²) in [6, 6.07) is 2.89. The largest absolute Gasteiger partial charge is 0.465 e. The van der Waals surface area contributed by atoms with Gasteiger partial charge in [-0.25, -0.2) is 0 Å². The third-order valence-electron chi connectivity index (χ3n) is 4.44. The quantitative estimate of drug-likeness (QED) is 0.783. The Bertz CT molecular complexity index is 430. The van der Waals surface area contributed by atoms with Gasteiger partial charge < -0.3 is 14.6 Å². The maximum absolute atomic E-state index is 5.87. The van der Waals surface area contributed by atoms with E-state index in [-0.39, 0.29) is 0 Å². The highest BCUT2D eigenvalue weighted by atomic mass is 16.3. The van der Waals surface area contributed by atoms with Crippen LogP contribution in [-0.2, 0) is 13.1 Å². The Morgan fingerprint density at radius 1 is 1.48 bits per heavy atom. The summed E-state index contributed by atoms with van der Waals surface area (Å²) in [5.74, 6) is 2.13. The second kappa shape index (κ2) is 7.97. The van der Waals surface area contributed by atoms with Gasteiger partial charge in [0, 0.05) is 24.7 Å². The summed E-state index contributed by atoms with van der Waals surface area (Å²) in [4.78, 5) is 4.92. The van der Waals surface area contributed by atoms with E-state index in [2.05, 4.69) is 49.1 Å². The number of nitrogens with zero attached hydrogens (tertiary/aromatic N) is 2. The Labute approximate surface area is 129 Å². The van der Waals surface area contributed by atoms with Crippen molar-refractivity contribution < 1.29 is 4.42 Å². The fourth-order valence-electron chi connectivity index (χ4n) is 3.12. The number of hydrogen-bond donors (Lipinski definition) is 1. The molecule has 1 aromatic heterocycles. The lowest BCUT2D eigenvalue weighted by Gasteiger charge is -2.35. The van der Waals surface area contributed by atoms with Crippen LogP contribution < -0.4 is 5.32 Å². The standard InChI is InChI=1S/C17H31N3O/c1-5-8-18-11-17-10-15(14(2)21-17)12-20(4)16-7-6-9-19(3)13-16/h10,16,18H,5-9,11-13H2,1-4H3. The Kier molecular flexibility index (Phi) is 6.27. The van der Waals surface area contributed by atoms with Crippen molar-refractivity contribution in [3.63, 3.8) is 0 Å². The number of aryl methyl sites for hydroxylation is 1. The number of likely N-dealkylation sites (N-methyl/N-ethyl adjacent to an activating group) is 2. The van der Waals surface area contributed by atoms with Crippen molar-refractivity contribution in [1.29, 1.82) is 0 Å². The zero-order valence-corrected chi connectivity index (χ0v) is 14.1. The van der Waals surface area contributed by atoms with Gasteiger partial charge in [-0.15, -0.1) is 0 Å². The van der Waals surface area contributed by atoms with Crippen LogP contribution in [0.3, 0.4) is 0 Å². The van der Waals surface area contributed by atoms with Crippen LogP contribution in [0.15, 0.2) is 10.5 Å². The van der Waals surface area contributed by atoms with E-state index in [0.717, 1.165) is 37.6 Å². The van der Waals surface area contributed by atoms with Crippen molar-refractivity contribution >= 4 is 0 Å². The Morgan fingerprint density at radius 2 is 2.29 bits per heavy atom. The van der Waals surface area contributed by atoms with Gasteiger partial charge >= 0.3 is 0 Å². The zero-order valence-electron chi connectivity index (χ0n) is 14.1. The Morgan fingerprint density at radius 3 is 3.00 bits per heavy atom. The first-order valence-electron chi connectivity index (χ1n) is 8.27. The van der Waals surface area contributed by atoms with Crippen LogP contribution in [0.25, 0.3) is 0 Å². The van der Waals surface area contributed by atoms with Crippen LogP contribution in [0.1, 0.15) is 43.3 Å². The van der Waals surface area contributed by atoms with Crippen molar-refractivity contribution in [3.05, 3.63) is 23.2 Å². The molecule has 1 N–H and O–H groups in total. The highest BCUT2D eigenvalue weighted by Gasteiger charge is 2.22. The predicted octanol–water partition coefficient (Wildman–Crippen LogP) is 2.61. The zero-order chi connectivity index (χ0) is 15.2. The molecule has 0 spiro atoms. The molecule has 1 aromatic rings. The second-order valence-corrected chi connectivity index (χ2v) is 6.44. The van der Waals surface area contributed by atoms with Gasteiger partial charge in [-0.05, 0) is 59.4 Å². The molecule has 4 nitrogen and oxygen atoms in total. The summed E-state index contributed by atoms with van der Waals surface area (Å²) in [7, 11) is 4.46. The van der Waals surface area contributed by atoms with Crippen LogP contribution >= 0.6 is 0 Å². The number of furan rings is 1. The van der Waals surface area contributed by atoms with Gasteiger partial charge in [-0.1, -0.05) is 6.92 Å². The van der Waals surface area contributed by atoms with E-state index in [4.69, 9.17) is 4.42 Å². The summed E-state index contributed by atoms with van der Waals surface area (Å²) < 4.78 is 5.87. The summed E-state index contributed by atoms with van der Waals surface area (Å²) >= 11 is 0. The number of nitrogens with one attached hydrogen (secondary N) is 1. The van der Waals surface area contributed by atoms with Crippen molar-refractivity contribution in [2.45, 2.75) is 52.2 Å². The van der Waals surface area contributed by atoms with E-state index in [0.29, 0.717) is 6.04 Å². The van der Waals surface area contributed by atoms with E-state index >= 15 is 0 Å². The van der Waals surface area contributed by atoms with Crippen LogP contribution in [-0.4, -0.2) is 49.6 Å². The van der Waals surface area contributed by atoms with Gasteiger partial charge in [0.1, 0.15) is 11.5 Å². The molecule has 120 valence electrons. The number of piperidine rings is 1. The van der Waals surface area contributed by atoms with Crippen molar-refractivity contribution in [2.75, 3.05) is 33.7 Å². The summed E-state index contributed by atoms with van der Waals surface area (Å²) in [5, 5.41) is 3.40. The summed E-state index contributed by atoms with van der Waals surface area (Å²) in [6.07, 6.45) is 3.77. The molecule has 0 aromatic carbocycles. The highest BCUT2D eigenvalue weighted by molar-refractivity contribution is 5.20. The average molecular weight is 293 g/mol. The molecule has 0 saturated carbocycles. The van der Waals surface area contributed by atoms with E-state index in [1.807, 2.05) is 0 Å². The SMILES string of the molecule is CCCNCc1cc(CN(C)C2CCCN(C)C2)c(C)o1. The van der Waals surface area contributed by atoms with Gasteiger partial charge in [-0.3, -0.25) is 4.90 Å². The molecule has 1 aliphatic heterocycles. The third kappa shape index (κ3) is 4.83. The van der Waals surface area contributed by atoms with Gasteiger partial charge in [0.05, 0.1) is 6.54 Å². The molecule has 1 fully saturated rings. The van der Waals surface area contributed by atoms with E-state index in [9.17, 15) is 0 Å². The average Bonchev–Trinajstić information content (AvgIpc) is 2.79. The van der Waals surface area contributed by atoms with Crippen LogP contribution in [0, 0.1) is 6.92 Å². The Balaban J connectivity index is 1.89. The smallest absolute Gasteiger partial charge is 0.118 e. The minimum absolute atomic E-state index is 0.666. The summed E-state index contributed by atoms with van der Waals surface area (Å²) in [6.45, 7) is 9.55. The highest BCUT2D eigenvalue weighted by Crippen LogP contribution is 2.20. The van der Waals surface area contributed by atoms with Gasteiger partial charge in [-0.2, -0.15) is 0 Å². The van der Waals surface area contributed by atoms with Crippen LogP contribution in [0.5, 0.6) is 0 Å². The van der Waals surface area contributed by atoms with Gasteiger partial charge in [0.25, 0.3) is 0 Å². The molecular weight excluding hydrogens is 262 g/mol.